The molecule has 5 nitrogen and oxygen atoms in total. The Labute approximate surface area is 244 Å². The van der Waals surface area contributed by atoms with Crippen molar-refractivity contribution in [3.05, 3.63) is 60.4 Å². The number of para-hydroxylation sites is 1. The Morgan fingerprint density at radius 3 is 2.22 bits per heavy atom. The number of fused-ring (bicyclic) bond motifs is 2. The van der Waals surface area contributed by atoms with Gasteiger partial charge in [-0.1, -0.05) is 23.9 Å². The van der Waals surface area contributed by atoms with Gasteiger partial charge in [0.05, 0.1) is 16.9 Å². The van der Waals surface area contributed by atoms with Crippen LogP contribution in [0, 0.1) is 0 Å². The Bertz CT molecular complexity index is 1120. The van der Waals surface area contributed by atoms with Gasteiger partial charge in [-0.15, -0.1) is 12.6 Å². The van der Waals surface area contributed by atoms with Crippen molar-refractivity contribution in [2.75, 3.05) is 51.2 Å². The molecule has 5 rings (SSSR count). The van der Waals surface area contributed by atoms with Crippen LogP contribution < -0.4 is 36.2 Å². The smallest absolute Gasteiger partial charge is 1.00 e. The normalized spacial score (nSPS) is 15.5. The Morgan fingerprint density at radius 1 is 0.946 bits per heavy atom. The van der Waals surface area contributed by atoms with Crippen LogP contribution in [0.15, 0.2) is 69.8 Å². The van der Waals surface area contributed by atoms with Crippen molar-refractivity contribution in [3.63, 3.8) is 0 Å². The minimum Gasteiger partial charge on any atom is -1.00 e. The minimum atomic E-state index is -4.33. The fourth-order valence-corrected chi connectivity index (χ4v) is 5.34. The van der Waals surface area contributed by atoms with E-state index in [-0.39, 0.29) is 31.3 Å². The first-order valence-electron chi connectivity index (χ1n) is 11.6. The molecule has 0 amide bonds. The van der Waals surface area contributed by atoms with Crippen LogP contribution in [-0.4, -0.2) is 65.7 Å². The van der Waals surface area contributed by atoms with E-state index in [1.165, 1.54) is 12.1 Å². The second-order valence-corrected chi connectivity index (χ2v) is 10.2. The van der Waals surface area contributed by atoms with E-state index in [4.69, 9.17) is 0 Å². The van der Waals surface area contributed by atoms with Crippen LogP contribution in [0.1, 0.15) is 12.0 Å². The maximum Gasteiger partial charge on any atom is 1.00 e. The number of aromatic nitrogens is 2. The number of halogens is 4. The predicted octanol–water partition coefficient (Wildman–Crippen LogP) is -0.338. The molecule has 12 heteroatoms. The molecule has 0 unspecified atom stereocenters. The fraction of sp³-hybridized carbons (Fsp3) is 0.400. The number of hydrogen-bond donors (Lipinski definition) is 1. The summed E-state index contributed by atoms with van der Waals surface area (Å²) in [4.78, 5) is 12.6. The van der Waals surface area contributed by atoms with E-state index in [9.17, 15) is 13.2 Å². The molecule has 0 spiro atoms. The first-order valence-corrected chi connectivity index (χ1v) is 12.8. The summed E-state index contributed by atoms with van der Waals surface area (Å²) >= 11 is 5.54. The summed E-state index contributed by atoms with van der Waals surface area (Å²) in [6.07, 6.45) is 0.144. The molecule has 1 aromatic heterocycles. The van der Waals surface area contributed by atoms with Crippen LogP contribution in [0.4, 0.5) is 24.5 Å². The van der Waals surface area contributed by atoms with Crippen molar-refractivity contribution < 1.29 is 44.4 Å². The monoisotopic (exact) mass is 563 g/mol. The number of anilines is 2. The van der Waals surface area contributed by atoms with Crippen molar-refractivity contribution in [1.29, 1.82) is 0 Å². The molecular weight excluding hydrogens is 534 g/mol. The first-order chi connectivity index (χ1) is 16.7. The molecule has 0 bridgehead atoms. The molecule has 3 aromatic rings. The number of alkyl halides is 3. The third-order valence-electron chi connectivity index (χ3n) is 6.20. The molecule has 0 N–H and O–H groups in total. The maximum atomic E-state index is 13.3. The van der Waals surface area contributed by atoms with Crippen LogP contribution >= 0.6 is 24.4 Å². The van der Waals surface area contributed by atoms with Crippen LogP contribution in [-0.2, 0) is 13.2 Å². The van der Waals surface area contributed by atoms with Crippen molar-refractivity contribution in [2.45, 2.75) is 27.5 Å². The minimum absolute atomic E-state index is 0. The third kappa shape index (κ3) is 8.36. The summed E-state index contributed by atoms with van der Waals surface area (Å²) in [7, 11) is 4.03. The molecule has 2 aliphatic rings. The number of imidazole rings is 1. The largest absolute Gasteiger partial charge is 1.00 e. The quantitative estimate of drug-likeness (QED) is 0.347. The zero-order valence-corrected chi connectivity index (χ0v) is 23.7. The van der Waals surface area contributed by atoms with E-state index >= 15 is 0 Å². The van der Waals surface area contributed by atoms with Gasteiger partial charge >= 0.3 is 25.0 Å². The summed E-state index contributed by atoms with van der Waals surface area (Å²) in [5.41, 5.74) is 1.07. The summed E-state index contributed by atoms with van der Waals surface area (Å²) in [6.45, 7) is 5.92. The number of benzene rings is 2. The zero-order chi connectivity index (χ0) is 25.0. The SMILES string of the molecule is CN1CCN(CCCN2c3ccccc3Sc3ccc(C(F)(F)F)cc32)CC1.Cn1ccnc1S.[Cl-].[Li+]. The topological polar surface area (TPSA) is 27.5 Å². The molecule has 0 aliphatic carbocycles. The molecule has 0 saturated carbocycles. The molecule has 2 aromatic carbocycles. The Hall–Kier alpha value is -1.25. The van der Waals surface area contributed by atoms with Crippen LogP contribution in [0.3, 0.4) is 0 Å². The number of piperazine rings is 1. The second kappa shape index (κ2) is 14.2. The summed E-state index contributed by atoms with van der Waals surface area (Å²) in [6, 6.07) is 12.0. The second-order valence-electron chi connectivity index (χ2n) is 8.74. The van der Waals surface area contributed by atoms with Crippen molar-refractivity contribution >= 4 is 35.8 Å². The molecule has 37 heavy (non-hydrogen) atoms. The van der Waals surface area contributed by atoms with Crippen molar-refractivity contribution in [3.8, 4) is 0 Å². The number of hydrogen-bond acceptors (Lipinski definition) is 6. The predicted molar refractivity (Wildman–Crippen MR) is 138 cm³/mol. The molecule has 0 radical (unpaired) electrons. The van der Waals surface area contributed by atoms with Crippen LogP contribution in [0.5, 0.6) is 0 Å². The number of likely N-dealkylation sites (N-methyl/N-ethyl adjacent to an activating group) is 1. The van der Waals surface area contributed by atoms with Gasteiger partial charge in [0.1, 0.15) is 0 Å². The fourth-order valence-electron chi connectivity index (χ4n) is 4.13. The maximum absolute atomic E-state index is 13.3. The van der Waals surface area contributed by atoms with E-state index in [0.717, 1.165) is 59.8 Å². The van der Waals surface area contributed by atoms with Crippen LogP contribution in [0.2, 0.25) is 0 Å². The third-order valence-corrected chi connectivity index (χ3v) is 7.76. The van der Waals surface area contributed by atoms with Crippen molar-refractivity contribution in [1.82, 2.24) is 19.4 Å². The molecule has 0 atom stereocenters. The van der Waals surface area contributed by atoms with Gasteiger partial charge in [-0.3, -0.25) is 0 Å². The van der Waals surface area contributed by atoms with Gasteiger partial charge in [0.25, 0.3) is 0 Å². The van der Waals surface area contributed by atoms with Gasteiger partial charge in [0, 0.05) is 62.0 Å². The van der Waals surface area contributed by atoms with E-state index < -0.39 is 11.7 Å². The van der Waals surface area contributed by atoms with E-state index in [0.29, 0.717) is 12.2 Å². The Balaban J connectivity index is 0.000000466. The Morgan fingerprint density at radius 2 is 1.62 bits per heavy atom. The number of rotatable bonds is 4. The summed E-state index contributed by atoms with van der Waals surface area (Å²) < 4.78 is 41.7. The zero-order valence-electron chi connectivity index (χ0n) is 21.2. The molecule has 1 saturated heterocycles. The van der Waals surface area contributed by atoms with Crippen molar-refractivity contribution in [2.24, 2.45) is 7.05 Å². The van der Waals surface area contributed by atoms with Gasteiger partial charge in [0.15, 0.2) is 5.16 Å². The van der Waals surface area contributed by atoms with Crippen LogP contribution in [0.25, 0.3) is 0 Å². The number of aryl methyl sites for hydroxylation is 1. The average Bonchev–Trinajstić information content (AvgIpc) is 3.21. The average molecular weight is 564 g/mol. The summed E-state index contributed by atoms with van der Waals surface area (Å²) in [5.74, 6) is 0. The first kappa shape index (κ1) is 32.0. The molecule has 1 fully saturated rings. The number of nitrogens with zero attached hydrogens (tertiary/aromatic N) is 5. The van der Waals surface area contributed by atoms with E-state index in [1.54, 1.807) is 24.0 Å². The molecule has 2 aliphatic heterocycles. The van der Waals surface area contributed by atoms with Gasteiger partial charge in [-0.2, -0.15) is 13.2 Å². The van der Waals surface area contributed by atoms with Gasteiger partial charge in [0.2, 0.25) is 0 Å². The van der Waals surface area contributed by atoms with E-state index in [1.807, 2.05) is 42.1 Å². The van der Waals surface area contributed by atoms with Gasteiger partial charge in [-0.25, -0.2) is 4.98 Å². The van der Waals surface area contributed by atoms with Gasteiger partial charge in [-0.05, 0) is 50.3 Å². The summed E-state index contributed by atoms with van der Waals surface area (Å²) in [5, 5.41) is 0.750. The molecule has 196 valence electrons. The molecule has 3 heterocycles. The molecular formula is C25H30ClF3LiN5S2. The standard InChI is InChI=1S/C21H24F3N3S.C4H6N2S.ClH.Li/c1-25-11-13-26(14-12-25)9-4-10-27-17-5-2-3-6-19(17)28-20-8-7-16(15-18(20)27)21(22,23)24;1-6-3-2-5-4(6)7;;/h2-3,5-8,15H,4,9-14H2,1H3;2-3H,1H3,(H,5,7);1H;/q;;;+1/p-1. The van der Waals surface area contributed by atoms with Gasteiger partial charge < -0.3 is 31.7 Å². The number of thiol groups is 1. The van der Waals surface area contributed by atoms with E-state index in [2.05, 4.69) is 39.4 Å². The Kier molecular flexibility index (Phi) is 12.3.